The van der Waals surface area contributed by atoms with Gasteiger partial charge < -0.3 is 5.32 Å². The highest BCUT2D eigenvalue weighted by Gasteiger charge is 2.11. The molecule has 0 spiro atoms. The van der Waals surface area contributed by atoms with Crippen LogP contribution in [0.5, 0.6) is 0 Å². The molecule has 102 valence electrons. The van der Waals surface area contributed by atoms with Gasteiger partial charge in [-0.3, -0.25) is 4.68 Å². The first kappa shape index (κ1) is 14.1. The maximum absolute atomic E-state index is 5.90. The van der Waals surface area contributed by atoms with Crippen molar-refractivity contribution in [3.05, 3.63) is 51.8 Å². The monoisotopic (exact) mass is 277 g/mol. The molecule has 0 saturated heterocycles. The summed E-state index contributed by atoms with van der Waals surface area (Å²) < 4.78 is 1.93. The molecule has 0 unspecified atom stereocenters. The summed E-state index contributed by atoms with van der Waals surface area (Å²) in [6, 6.07) is 8.26. The fourth-order valence-corrected chi connectivity index (χ4v) is 2.32. The summed E-state index contributed by atoms with van der Waals surface area (Å²) in [6.45, 7) is 7.14. The lowest BCUT2D eigenvalue weighted by molar-refractivity contribution is 0.571. The molecule has 1 atom stereocenters. The molecule has 0 saturated carbocycles. The highest BCUT2D eigenvalue weighted by Crippen LogP contribution is 2.18. The van der Waals surface area contributed by atoms with Crippen LogP contribution in [0.3, 0.4) is 0 Å². The van der Waals surface area contributed by atoms with Crippen molar-refractivity contribution in [3.8, 4) is 0 Å². The minimum absolute atomic E-state index is 0.288. The average molecular weight is 278 g/mol. The molecule has 1 heterocycles. The second kappa shape index (κ2) is 5.76. The molecule has 3 nitrogen and oxygen atoms in total. The Morgan fingerprint density at radius 1 is 1.26 bits per heavy atom. The van der Waals surface area contributed by atoms with Gasteiger partial charge in [0.1, 0.15) is 0 Å². The van der Waals surface area contributed by atoms with Crippen molar-refractivity contribution in [2.24, 2.45) is 7.05 Å². The first-order valence-corrected chi connectivity index (χ1v) is 6.84. The zero-order valence-corrected chi connectivity index (χ0v) is 12.6. The van der Waals surface area contributed by atoms with E-state index in [1.165, 1.54) is 16.8 Å². The Balaban J connectivity index is 2.04. The normalized spacial score (nSPS) is 12.7. The van der Waals surface area contributed by atoms with Gasteiger partial charge in [0.15, 0.2) is 0 Å². The van der Waals surface area contributed by atoms with Gasteiger partial charge in [0.05, 0.1) is 5.69 Å². The van der Waals surface area contributed by atoms with Gasteiger partial charge in [-0.25, -0.2) is 0 Å². The minimum Gasteiger partial charge on any atom is -0.306 e. The molecule has 19 heavy (non-hydrogen) atoms. The fourth-order valence-electron chi connectivity index (χ4n) is 2.20. The van der Waals surface area contributed by atoms with Crippen molar-refractivity contribution < 1.29 is 0 Å². The van der Waals surface area contributed by atoms with E-state index in [1.807, 2.05) is 23.9 Å². The van der Waals surface area contributed by atoms with E-state index in [2.05, 4.69) is 43.3 Å². The van der Waals surface area contributed by atoms with Crippen LogP contribution in [0.2, 0.25) is 5.02 Å². The minimum atomic E-state index is 0.288. The summed E-state index contributed by atoms with van der Waals surface area (Å²) in [5.41, 5.74) is 4.83. The standard InChI is InChI=1S/C15H20ClN3/c1-10(13-5-7-14(16)8-6-13)17-9-15-11(2)18-19(4)12(15)3/h5-8,10,17H,9H2,1-4H3/t10-/m1/s1. The lowest BCUT2D eigenvalue weighted by Gasteiger charge is -2.14. The number of rotatable bonds is 4. The number of aromatic nitrogens is 2. The molecule has 0 aliphatic carbocycles. The van der Waals surface area contributed by atoms with Crippen LogP contribution in [0.4, 0.5) is 0 Å². The van der Waals surface area contributed by atoms with Crippen LogP contribution < -0.4 is 5.32 Å². The number of benzene rings is 1. The van der Waals surface area contributed by atoms with E-state index >= 15 is 0 Å². The molecule has 0 radical (unpaired) electrons. The predicted molar refractivity (Wildman–Crippen MR) is 79.4 cm³/mol. The molecular formula is C15H20ClN3. The maximum Gasteiger partial charge on any atom is 0.0641 e. The summed E-state index contributed by atoms with van der Waals surface area (Å²) >= 11 is 5.90. The van der Waals surface area contributed by atoms with Gasteiger partial charge in [0.2, 0.25) is 0 Å². The Kier molecular flexibility index (Phi) is 4.27. The van der Waals surface area contributed by atoms with E-state index in [0.29, 0.717) is 0 Å². The van der Waals surface area contributed by atoms with Gasteiger partial charge in [-0.15, -0.1) is 0 Å². The summed E-state index contributed by atoms with van der Waals surface area (Å²) in [6.07, 6.45) is 0. The molecule has 1 aromatic carbocycles. The Hall–Kier alpha value is -1.32. The first-order valence-electron chi connectivity index (χ1n) is 6.47. The molecule has 1 N–H and O–H groups in total. The molecule has 4 heteroatoms. The number of hydrogen-bond donors (Lipinski definition) is 1. The van der Waals surface area contributed by atoms with E-state index in [-0.39, 0.29) is 6.04 Å². The van der Waals surface area contributed by atoms with Crippen molar-refractivity contribution in [2.45, 2.75) is 33.4 Å². The van der Waals surface area contributed by atoms with E-state index in [0.717, 1.165) is 17.3 Å². The molecule has 0 amide bonds. The summed E-state index contributed by atoms with van der Waals surface area (Å²) in [4.78, 5) is 0. The number of nitrogens with one attached hydrogen (secondary N) is 1. The molecule has 0 fully saturated rings. The van der Waals surface area contributed by atoms with Crippen molar-refractivity contribution >= 4 is 11.6 Å². The summed E-state index contributed by atoms with van der Waals surface area (Å²) in [5.74, 6) is 0. The van der Waals surface area contributed by atoms with Crippen LogP contribution in [-0.4, -0.2) is 9.78 Å². The van der Waals surface area contributed by atoms with Crippen LogP contribution in [0, 0.1) is 13.8 Å². The molecule has 1 aromatic heterocycles. The highest BCUT2D eigenvalue weighted by atomic mass is 35.5. The number of hydrogen-bond acceptors (Lipinski definition) is 2. The average Bonchev–Trinajstić information content (AvgIpc) is 2.62. The van der Waals surface area contributed by atoms with Crippen LogP contribution in [0.25, 0.3) is 0 Å². The largest absolute Gasteiger partial charge is 0.306 e. The summed E-state index contributed by atoms with van der Waals surface area (Å²) in [5, 5.41) is 8.74. The zero-order valence-electron chi connectivity index (χ0n) is 11.9. The number of nitrogens with zero attached hydrogens (tertiary/aromatic N) is 2. The zero-order chi connectivity index (χ0) is 14.0. The smallest absolute Gasteiger partial charge is 0.0641 e. The van der Waals surface area contributed by atoms with Gasteiger partial charge in [0, 0.05) is 35.9 Å². The second-order valence-corrected chi connectivity index (χ2v) is 5.36. The highest BCUT2D eigenvalue weighted by molar-refractivity contribution is 6.30. The topological polar surface area (TPSA) is 29.9 Å². The first-order chi connectivity index (χ1) is 8.99. The summed E-state index contributed by atoms with van der Waals surface area (Å²) in [7, 11) is 1.98. The van der Waals surface area contributed by atoms with E-state index in [1.54, 1.807) is 0 Å². The fraction of sp³-hybridized carbons (Fsp3) is 0.400. The van der Waals surface area contributed by atoms with Crippen molar-refractivity contribution in [1.29, 1.82) is 0 Å². The number of halogens is 1. The third-order valence-corrected chi connectivity index (χ3v) is 3.87. The molecule has 0 aliphatic heterocycles. The van der Waals surface area contributed by atoms with Crippen LogP contribution in [-0.2, 0) is 13.6 Å². The Bertz CT molecular complexity index is 558. The van der Waals surface area contributed by atoms with Gasteiger partial charge in [-0.05, 0) is 38.5 Å². The Morgan fingerprint density at radius 2 is 1.89 bits per heavy atom. The third-order valence-electron chi connectivity index (χ3n) is 3.61. The maximum atomic E-state index is 5.90. The van der Waals surface area contributed by atoms with Crippen molar-refractivity contribution in [2.75, 3.05) is 0 Å². The van der Waals surface area contributed by atoms with E-state index < -0.39 is 0 Å². The second-order valence-electron chi connectivity index (χ2n) is 4.93. The van der Waals surface area contributed by atoms with Crippen LogP contribution in [0.15, 0.2) is 24.3 Å². The van der Waals surface area contributed by atoms with Gasteiger partial charge in [0.25, 0.3) is 0 Å². The van der Waals surface area contributed by atoms with E-state index in [4.69, 9.17) is 11.6 Å². The Morgan fingerprint density at radius 3 is 2.42 bits per heavy atom. The van der Waals surface area contributed by atoms with E-state index in [9.17, 15) is 0 Å². The SMILES string of the molecule is Cc1nn(C)c(C)c1CN[C@H](C)c1ccc(Cl)cc1. The lowest BCUT2D eigenvalue weighted by Crippen LogP contribution is -2.18. The predicted octanol–water partition coefficient (Wildman–Crippen LogP) is 3.54. The Labute approximate surface area is 119 Å². The van der Waals surface area contributed by atoms with Crippen LogP contribution >= 0.6 is 11.6 Å². The van der Waals surface area contributed by atoms with Crippen LogP contribution in [0.1, 0.15) is 35.5 Å². The van der Waals surface area contributed by atoms with Crippen molar-refractivity contribution in [3.63, 3.8) is 0 Å². The van der Waals surface area contributed by atoms with Gasteiger partial charge in [-0.2, -0.15) is 5.10 Å². The van der Waals surface area contributed by atoms with Gasteiger partial charge in [-0.1, -0.05) is 23.7 Å². The molecule has 0 aliphatic rings. The number of aryl methyl sites for hydroxylation is 2. The molecular weight excluding hydrogens is 258 g/mol. The molecule has 0 bridgehead atoms. The third kappa shape index (κ3) is 3.17. The van der Waals surface area contributed by atoms with Crippen molar-refractivity contribution in [1.82, 2.24) is 15.1 Å². The van der Waals surface area contributed by atoms with Gasteiger partial charge >= 0.3 is 0 Å². The quantitative estimate of drug-likeness (QED) is 0.926. The lowest BCUT2D eigenvalue weighted by atomic mass is 10.1. The molecule has 2 aromatic rings. The molecule has 2 rings (SSSR count).